The van der Waals surface area contributed by atoms with E-state index >= 15 is 0 Å². The molecule has 2 rings (SSSR count). The Morgan fingerprint density at radius 3 is 2.62 bits per heavy atom. The van der Waals surface area contributed by atoms with Crippen LogP contribution in [0.15, 0.2) is 35.5 Å². The second-order valence-corrected chi connectivity index (χ2v) is 5.53. The molecule has 0 saturated carbocycles. The Kier molecular flexibility index (Phi) is 7.74. The molecular weight excluding hydrogens is 308 g/mol. The van der Waals surface area contributed by atoms with Gasteiger partial charge in [-0.1, -0.05) is 49.0 Å². The lowest BCUT2D eigenvalue weighted by atomic mass is 10.2. The number of nitrogens with zero attached hydrogens (tertiary/aromatic N) is 3. The first-order valence-corrected chi connectivity index (χ1v) is 7.70. The van der Waals surface area contributed by atoms with Gasteiger partial charge in [-0.15, -0.1) is 22.6 Å². The molecule has 21 heavy (non-hydrogen) atoms. The van der Waals surface area contributed by atoms with Crippen LogP contribution in [-0.2, 0) is 13.1 Å². The van der Waals surface area contributed by atoms with Crippen molar-refractivity contribution in [3.8, 4) is 0 Å². The van der Waals surface area contributed by atoms with Crippen LogP contribution in [-0.4, -0.2) is 31.7 Å². The van der Waals surface area contributed by atoms with Crippen molar-refractivity contribution in [2.45, 2.75) is 37.7 Å². The fraction of sp³-hybridized carbons (Fsp3) is 0.429. The smallest absolute Gasteiger partial charge is 0.191 e. The Morgan fingerprint density at radius 1 is 1.29 bits per heavy atom. The minimum absolute atomic E-state index is 0. The summed E-state index contributed by atoms with van der Waals surface area (Å²) in [6, 6.07) is 10.1. The highest BCUT2D eigenvalue weighted by molar-refractivity contribution is 7.99. The molecule has 7 heteroatoms. The molecule has 2 aromatic rings. The summed E-state index contributed by atoms with van der Waals surface area (Å²) in [5, 5.41) is 18.8. The van der Waals surface area contributed by atoms with E-state index in [0.29, 0.717) is 18.8 Å². The van der Waals surface area contributed by atoms with Crippen molar-refractivity contribution in [1.82, 2.24) is 14.8 Å². The van der Waals surface area contributed by atoms with Crippen LogP contribution in [0.1, 0.15) is 24.7 Å². The van der Waals surface area contributed by atoms with Gasteiger partial charge in [-0.2, -0.15) is 0 Å². The highest BCUT2D eigenvalue weighted by atomic mass is 35.5. The van der Waals surface area contributed by atoms with Crippen LogP contribution >= 0.6 is 24.2 Å². The second-order valence-electron chi connectivity index (χ2n) is 4.55. The molecule has 1 unspecified atom stereocenters. The first kappa shape index (κ1) is 18.0. The van der Waals surface area contributed by atoms with Crippen LogP contribution in [0.3, 0.4) is 0 Å². The van der Waals surface area contributed by atoms with Crippen LogP contribution in [0, 0.1) is 0 Å². The summed E-state index contributed by atoms with van der Waals surface area (Å²) >= 11 is 1.52. The molecule has 1 atom stereocenters. The number of aliphatic hydroxyl groups is 1. The van der Waals surface area contributed by atoms with E-state index in [1.165, 1.54) is 17.3 Å². The van der Waals surface area contributed by atoms with Crippen LogP contribution in [0.25, 0.3) is 0 Å². The van der Waals surface area contributed by atoms with Crippen LogP contribution in [0.4, 0.5) is 0 Å². The van der Waals surface area contributed by atoms with Crippen molar-refractivity contribution in [3.05, 3.63) is 41.7 Å². The van der Waals surface area contributed by atoms with Crippen molar-refractivity contribution in [3.63, 3.8) is 0 Å². The molecule has 1 aromatic heterocycles. The van der Waals surface area contributed by atoms with Crippen LogP contribution in [0.5, 0.6) is 0 Å². The fourth-order valence-electron chi connectivity index (χ4n) is 1.79. The molecule has 0 aliphatic heterocycles. The van der Waals surface area contributed by atoms with E-state index in [0.717, 1.165) is 17.4 Å². The van der Waals surface area contributed by atoms with Crippen molar-refractivity contribution in [2.75, 3.05) is 5.75 Å². The van der Waals surface area contributed by atoms with E-state index < -0.39 is 0 Å². The number of aromatic nitrogens is 3. The largest absolute Gasteiger partial charge is 0.392 e. The van der Waals surface area contributed by atoms with Crippen molar-refractivity contribution >= 4 is 24.2 Å². The summed E-state index contributed by atoms with van der Waals surface area (Å²) in [5.74, 6) is 1.39. The highest BCUT2D eigenvalue weighted by Crippen LogP contribution is 2.20. The Balaban J connectivity index is 0.00000220. The number of rotatable bonds is 7. The topological polar surface area (TPSA) is 77.0 Å². The number of benzene rings is 1. The van der Waals surface area contributed by atoms with Crippen molar-refractivity contribution in [2.24, 2.45) is 5.73 Å². The maximum Gasteiger partial charge on any atom is 0.191 e. The Morgan fingerprint density at radius 2 is 2.00 bits per heavy atom. The van der Waals surface area contributed by atoms with Gasteiger partial charge >= 0.3 is 0 Å². The summed E-state index contributed by atoms with van der Waals surface area (Å²) < 4.78 is 2.02. The van der Waals surface area contributed by atoms with Crippen molar-refractivity contribution < 1.29 is 5.11 Å². The number of halogens is 1. The minimum atomic E-state index is -0.316. The van der Waals surface area contributed by atoms with Crippen molar-refractivity contribution in [1.29, 1.82) is 0 Å². The lowest BCUT2D eigenvalue weighted by Crippen LogP contribution is -2.12. The maximum atomic E-state index is 9.66. The number of hydrogen-bond donors (Lipinski definition) is 2. The molecule has 5 nitrogen and oxygen atoms in total. The van der Waals surface area contributed by atoms with E-state index in [1.807, 2.05) is 29.7 Å². The van der Waals surface area contributed by atoms with Gasteiger partial charge in [0.15, 0.2) is 5.16 Å². The van der Waals surface area contributed by atoms with Crippen LogP contribution < -0.4 is 5.73 Å². The maximum absolute atomic E-state index is 9.66. The Bertz CT molecular complexity index is 535. The molecule has 0 fully saturated rings. The molecule has 0 aliphatic carbocycles. The average Bonchev–Trinajstić information content (AvgIpc) is 2.87. The predicted molar refractivity (Wildman–Crippen MR) is 87.7 cm³/mol. The third kappa shape index (κ3) is 5.00. The fourth-order valence-corrected chi connectivity index (χ4v) is 2.79. The monoisotopic (exact) mass is 328 g/mol. The van der Waals surface area contributed by atoms with Crippen LogP contribution in [0.2, 0.25) is 0 Å². The molecular formula is C14H21ClN4OS. The quantitative estimate of drug-likeness (QED) is 0.761. The first-order chi connectivity index (χ1) is 9.74. The summed E-state index contributed by atoms with van der Waals surface area (Å²) in [4.78, 5) is 0. The Hall–Kier alpha value is -1.08. The number of nitrogens with two attached hydrogens (primary N) is 1. The summed E-state index contributed by atoms with van der Waals surface area (Å²) in [5.41, 5.74) is 6.90. The predicted octanol–water partition coefficient (Wildman–Crippen LogP) is 2.07. The van der Waals surface area contributed by atoms with Gasteiger partial charge in [-0.05, 0) is 12.0 Å². The second kappa shape index (κ2) is 9.04. The number of thioether (sulfide) groups is 1. The zero-order chi connectivity index (χ0) is 14.4. The van der Waals surface area contributed by atoms with Gasteiger partial charge in [0, 0.05) is 5.75 Å². The molecule has 0 radical (unpaired) electrons. The van der Waals surface area contributed by atoms with E-state index in [-0.39, 0.29) is 18.5 Å². The average molecular weight is 329 g/mol. The molecule has 0 saturated heterocycles. The lowest BCUT2D eigenvalue weighted by Gasteiger charge is -2.10. The first-order valence-electron chi connectivity index (χ1n) is 6.71. The molecule has 1 aromatic carbocycles. The highest BCUT2D eigenvalue weighted by Gasteiger charge is 2.13. The van der Waals surface area contributed by atoms with E-state index in [2.05, 4.69) is 22.3 Å². The van der Waals surface area contributed by atoms with Gasteiger partial charge in [-0.3, -0.25) is 0 Å². The summed E-state index contributed by atoms with van der Waals surface area (Å²) in [7, 11) is 0. The standard InChI is InChI=1S/C14H20N4OS.ClH/c1-2-12(19)10-20-14-17-16-13(8-15)18(14)9-11-6-4-3-5-7-11;/h3-7,12,19H,2,8-10,15H2,1H3;1H. The van der Waals surface area contributed by atoms with E-state index in [9.17, 15) is 5.11 Å². The molecule has 3 N–H and O–H groups in total. The zero-order valence-electron chi connectivity index (χ0n) is 12.0. The molecule has 0 amide bonds. The molecule has 0 aliphatic rings. The molecule has 1 heterocycles. The summed E-state index contributed by atoms with van der Waals surface area (Å²) in [6.07, 6.45) is 0.423. The third-order valence-corrected chi connectivity index (χ3v) is 4.15. The number of hydrogen-bond acceptors (Lipinski definition) is 5. The zero-order valence-corrected chi connectivity index (χ0v) is 13.6. The Labute approximate surface area is 135 Å². The lowest BCUT2D eigenvalue weighted by molar-refractivity contribution is 0.195. The van der Waals surface area contributed by atoms with Gasteiger partial charge in [-0.25, -0.2) is 0 Å². The molecule has 0 spiro atoms. The third-order valence-electron chi connectivity index (χ3n) is 3.04. The van der Waals surface area contributed by atoms with Gasteiger partial charge in [0.2, 0.25) is 0 Å². The van der Waals surface area contributed by atoms with E-state index in [1.54, 1.807) is 0 Å². The van der Waals surface area contributed by atoms with E-state index in [4.69, 9.17) is 5.73 Å². The summed E-state index contributed by atoms with van der Waals surface area (Å²) in [6.45, 7) is 3.02. The minimum Gasteiger partial charge on any atom is -0.392 e. The molecule has 0 bridgehead atoms. The SMILES string of the molecule is CCC(O)CSc1nnc(CN)n1Cc1ccccc1.Cl. The number of aliphatic hydroxyl groups excluding tert-OH is 1. The van der Waals surface area contributed by atoms with Gasteiger partial charge in [0.1, 0.15) is 5.82 Å². The normalized spacial score (nSPS) is 12.0. The van der Waals surface area contributed by atoms with Gasteiger partial charge in [0.25, 0.3) is 0 Å². The van der Waals surface area contributed by atoms with Gasteiger partial charge < -0.3 is 15.4 Å². The van der Waals surface area contributed by atoms with Gasteiger partial charge in [0.05, 0.1) is 19.2 Å². The molecule has 116 valence electrons.